The molecule has 2 N–H and O–H groups in total. The first-order valence-electron chi connectivity index (χ1n) is 11.7. The van der Waals surface area contributed by atoms with Crippen LogP contribution in [-0.4, -0.2) is 76.7 Å². The molecule has 0 bridgehead atoms. The number of alkyl halides is 4. The Labute approximate surface area is 236 Å². The van der Waals surface area contributed by atoms with Crippen molar-refractivity contribution in [1.29, 1.82) is 0 Å². The van der Waals surface area contributed by atoms with Gasteiger partial charge in [-0.15, -0.1) is 0 Å². The summed E-state index contributed by atoms with van der Waals surface area (Å²) in [5.41, 5.74) is -3.84. The Morgan fingerprint density at radius 2 is 1.90 bits per heavy atom. The van der Waals surface area contributed by atoms with E-state index in [1.54, 1.807) is 32.0 Å². The van der Waals surface area contributed by atoms with Gasteiger partial charge in [-0.25, -0.2) is 13.9 Å². The minimum absolute atomic E-state index is 0.0641. The summed E-state index contributed by atoms with van der Waals surface area (Å²) in [6, 6.07) is 6.33. The van der Waals surface area contributed by atoms with Gasteiger partial charge in [-0.2, -0.15) is 8.78 Å². The number of esters is 1. The summed E-state index contributed by atoms with van der Waals surface area (Å²) in [6.07, 6.45) is -10.1. The van der Waals surface area contributed by atoms with Crippen LogP contribution in [0.2, 0.25) is 0 Å². The first kappa shape index (κ1) is 32.4. The van der Waals surface area contributed by atoms with Crippen LogP contribution in [0.5, 0.6) is 5.75 Å². The smallest absolute Gasteiger partial charge is 0.323 e. The Hall–Kier alpha value is -2.13. The number of carbonyl (C=O) groups is 3. The second kappa shape index (κ2) is 12.4. The average Bonchev–Trinajstić information content (AvgIpc) is 3.06. The van der Waals surface area contributed by atoms with Crippen molar-refractivity contribution in [2.45, 2.75) is 69.6 Å². The maximum atomic E-state index is 15.4. The third kappa shape index (κ3) is 6.67. The van der Waals surface area contributed by atoms with Gasteiger partial charge in [0.1, 0.15) is 16.8 Å². The fourth-order valence-corrected chi connectivity index (χ4v) is 6.28. The van der Waals surface area contributed by atoms with Gasteiger partial charge in [0, 0.05) is 6.20 Å². The first-order chi connectivity index (χ1) is 18.5. The quantitative estimate of drug-likeness (QED) is 0.162. The largest absolute Gasteiger partial charge is 0.462 e. The Morgan fingerprint density at radius 1 is 1.27 bits per heavy atom. The molecular weight excluding hydrogens is 607 g/mol. The molecule has 10 nitrogen and oxygen atoms in total. The molecule has 2 aliphatic rings. The molecule has 0 saturated carbocycles. The minimum Gasteiger partial charge on any atom is -0.462 e. The molecule has 17 heteroatoms. The second-order valence-electron chi connectivity index (χ2n) is 9.16. The highest BCUT2D eigenvalue weighted by molar-refractivity contribution is 8.09. The predicted molar refractivity (Wildman–Crippen MR) is 136 cm³/mol. The highest BCUT2D eigenvalue weighted by atomic mass is 35.5. The molecule has 0 aromatic heterocycles. The molecule has 1 aromatic carbocycles. The summed E-state index contributed by atoms with van der Waals surface area (Å²) < 4.78 is 80.7. The van der Waals surface area contributed by atoms with E-state index in [9.17, 15) is 28.3 Å². The van der Waals surface area contributed by atoms with E-state index >= 15 is 8.78 Å². The number of aliphatic hydroxyl groups is 1. The van der Waals surface area contributed by atoms with E-state index < -0.39 is 84.8 Å². The number of amides is 1. The normalized spacial score (nSPS) is 27.0. The zero-order valence-electron chi connectivity index (χ0n) is 21.3. The van der Waals surface area contributed by atoms with Crippen LogP contribution in [0.1, 0.15) is 27.2 Å². The number of rotatable bonds is 11. The summed E-state index contributed by atoms with van der Waals surface area (Å²) in [7, 11) is 0. The fourth-order valence-electron chi connectivity index (χ4n) is 3.70. The van der Waals surface area contributed by atoms with Gasteiger partial charge in [0.05, 0.1) is 19.1 Å². The highest BCUT2D eigenvalue weighted by Gasteiger charge is 2.74. The van der Waals surface area contributed by atoms with Crippen molar-refractivity contribution in [3.8, 4) is 5.75 Å². The van der Waals surface area contributed by atoms with Gasteiger partial charge in [0.15, 0.2) is 18.1 Å². The SMILES string of the molecule is CC(C)OC(=O)[C@H](C)NP(=S)(OC[C@@]1(C(F)F)O[C@@H](N2C=C(Cl)C(=O)CC2=O)[C@H](O)C1(F)F)Oc1ccccc1. The standard InChI is InChI=1S/C23H26ClF4N2O8PS/c1-12(2)36-20(34)13(3)29-39(40,38-14-7-5-4-6-8-14)35-11-22(21(25)26)23(27,28)18(33)19(37-22)30-10-15(24)16(31)9-17(30)32/h4-8,10,12-13,18-19,21,33H,9,11H2,1-3H3,(H,29,40)/t13-,18-,19+,22-,39?/m0/s1. The summed E-state index contributed by atoms with van der Waals surface area (Å²) >= 11 is 11.1. The maximum absolute atomic E-state index is 15.4. The number of hydrogen-bond donors (Lipinski definition) is 2. The summed E-state index contributed by atoms with van der Waals surface area (Å²) in [5, 5.41) is 12.3. The molecule has 1 unspecified atom stereocenters. The number of nitrogens with zero attached hydrogens (tertiary/aromatic N) is 1. The molecule has 1 amide bonds. The zero-order chi connectivity index (χ0) is 30.0. The van der Waals surface area contributed by atoms with Crippen molar-refractivity contribution in [3.63, 3.8) is 0 Å². The molecule has 40 heavy (non-hydrogen) atoms. The number of ketones is 1. The Bertz CT molecular complexity index is 1210. The van der Waals surface area contributed by atoms with Crippen LogP contribution in [0.25, 0.3) is 0 Å². The Balaban J connectivity index is 1.94. The van der Waals surface area contributed by atoms with Gasteiger partial charge >= 0.3 is 18.5 Å². The molecule has 0 radical (unpaired) electrons. The van der Waals surface area contributed by atoms with E-state index in [0.717, 1.165) is 0 Å². The lowest BCUT2D eigenvalue weighted by Crippen LogP contribution is -2.57. The van der Waals surface area contributed by atoms with Crippen LogP contribution < -0.4 is 9.61 Å². The number of aliphatic hydroxyl groups excluding tert-OH is 1. The summed E-state index contributed by atoms with van der Waals surface area (Å²) in [5.74, 6) is -7.41. The van der Waals surface area contributed by atoms with Crippen LogP contribution in [0.3, 0.4) is 0 Å². The third-order valence-electron chi connectivity index (χ3n) is 5.76. The predicted octanol–water partition coefficient (Wildman–Crippen LogP) is 3.47. The van der Waals surface area contributed by atoms with Crippen molar-refractivity contribution >= 4 is 47.7 Å². The van der Waals surface area contributed by atoms with Crippen molar-refractivity contribution in [3.05, 3.63) is 41.6 Å². The number of ether oxygens (including phenoxy) is 2. The van der Waals surface area contributed by atoms with Gasteiger partial charge in [0.25, 0.3) is 6.43 Å². The van der Waals surface area contributed by atoms with Crippen molar-refractivity contribution < 1.29 is 55.6 Å². The Kier molecular flexibility index (Phi) is 10.0. The summed E-state index contributed by atoms with van der Waals surface area (Å²) in [6.45, 7) is -1.27. The van der Waals surface area contributed by atoms with E-state index in [1.807, 2.05) is 0 Å². The third-order valence-corrected chi connectivity index (χ3v) is 8.55. The number of allylic oxidation sites excluding steroid dienone is 1. The van der Waals surface area contributed by atoms with E-state index in [2.05, 4.69) is 5.09 Å². The van der Waals surface area contributed by atoms with Crippen LogP contribution in [0.15, 0.2) is 41.6 Å². The molecule has 2 aliphatic heterocycles. The van der Waals surface area contributed by atoms with E-state index in [0.29, 0.717) is 11.1 Å². The molecule has 1 saturated heterocycles. The fraction of sp³-hybridized carbons (Fsp3) is 0.522. The van der Waals surface area contributed by atoms with Crippen LogP contribution in [0.4, 0.5) is 17.6 Å². The lowest BCUT2D eigenvalue weighted by molar-refractivity contribution is -0.242. The van der Waals surface area contributed by atoms with Gasteiger partial charge in [-0.1, -0.05) is 29.8 Å². The van der Waals surface area contributed by atoms with Crippen molar-refractivity contribution in [1.82, 2.24) is 9.99 Å². The summed E-state index contributed by atoms with van der Waals surface area (Å²) in [4.78, 5) is 36.7. The van der Waals surface area contributed by atoms with Gasteiger partial charge in [0.2, 0.25) is 11.5 Å². The number of Topliss-reactive ketones (excluding diaryl/α,β-unsaturated/α-hetero) is 1. The molecule has 222 valence electrons. The monoisotopic (exact) mass is 632 g/mol. The van der Waals surface area contributed by atoms with Crippen LogP contribution >= 0.6 is 18.2 Å². The second-order valence-corrected chi connectivity index (χ2v) is 12.7. The molecule has 1 aromatic rings. The molecule has 5 atom stereocenters. The topological polar surface area (TPSA) is 124 Å². The van der Waals surface area contributed by atoms with Crippen molar-refractivity contribution in [2.24, 2.45) is 0 Å². The molecular formula is C23H26ClF4N2O8PS. The molecule has 0 spiro atoms. The molecule has 0 aliphatic carbocycles. The van der Waals surface area contributed by atoms with E-state index in [4.69, 9.17) is 41.9 Å². The minimum atomic E-state index is -4.72. The molecule has 2 heterocycles. The number of nitrogens with one attached hydrogen (secondary N) is 1. The Morgan fingerprint density at radius 3 is 2.48 bits per heavy atom. The van der Waals surface area contributed by atoms with Crippen LogP contribution in [0, 0.1) is 0 Å². The number of benzene rings is 1. The number of para-hydroxylation sites is 1. The van der Waals surface area contributed by atoms with Crippen LogP contribution in [-0.2, 0) is 40.2 Å². The zero-order valence-corrected chi connectivity index (χ0v) is 23.7. The van der Waals surface area contributed by atoms with Gasteiger partial charge in [-0.05, 0) is 44.7 Å². The van der Waals surface area contributed by atoms with Gasteiger partial charge < -0.3 is 23.6 Å². The average molecular weight is 633 g/mol. The molecule has 1 fully saturated rings. The number of carbonyl (C=O) groups excluding carboxylic acids is 3. The van der Waals surface area contributed by atoms with E-state index in [1.165, 1.54) is 19.1 Å². The lowest BCUT2D eigenvalue weighted by atomic mass is 9.95. The lowest BCUT2D eigenvalue weighted by Gasteiger charge is -2.35. The number of hydrogen-bond acceptors (Lipinski definition) is 9. The first-order valence-corrected chi connectivity index (χ1v) is 14.8. The number of halogens is 5. The maximum Gasteiger partial charge on any atom is 0.323 e. The molecule has 3 rings (SSSR count). The highest BCUT2D eigenvalue weighted by Crippen LogP contribution is 2.53. The van der Waals surface area contributed by atoms with Crippen molar-refractivity contribution in [2.75, 3.05) is 6.61 Å². The van der Waals surface area contributed by atoms with Gasteiger partial charge in [-0.3, -0.25) is 19.3 Å². The van der Waals surface area contributed by atoms with E-state index in [-0.39, 0.29) is 5.75 Å².